The monoisotopic (exact) mass is 490 g/mol. The summed E-state index contributed by atoms with van der Waals surface area (Å²) < 4.78 is 38.7. The van der Waals surface area contributed by atoms with Crippen LogP contribution in [0.1, 0.15) is 21.6 Å². The van der Waals surface area contributed by atoms with Crippen LogP contribution in [0.25, 0.3) is 6.08 Å². The number of carbonyl (C=O) groups excluding carboxylic acids is 1. The number of hydrogen-bond acceptors (Lipinski definition) is 3. The van der Waals surface area contributed by atoms with Crippen LogP contribution in [0, 0.1) is 0 Å². The number of rotatable bonds is 5. The predicted molar refractivity (Wildman–Crippen MR) is 115 cm³/mol. The number of aromatic nitrogens is 1. The third-order valence-electron chi connectivity index (χ3n) is 3.81. The van der Waals surface area contributed by atoms with Crippen molar-refractivity contribution in [3.63, 3.8) is 0 Å². The van der Waals surface area contributed by atoms with Crippen molar-refractivity contribution < 1.29 is 18.0 Å². The second kappa shape index (κ2) is 9.39. The topological polar surface area (TPSA) is 42.0 Å². The fourth-order valence-electron chi connectivity index (χ4n) is 2.54. The molecule has 1 N–H and O–H groups in total. The molecule has 0 saturated carbocycles. The largest absolute Gasteiger partial charge is 0.417 e. The molecule has 0 aliphatic carbocycles. The summed E-state index contributed by atoms with van der Waals surface area (Å²) in [6.45, 7) is 0. The van der Waals surface area contributed by atoms with Gasteiger partial charge in [0.1, 0.15) is 0 Å². The molecule has 1 amide bonds. The lowest BCUT2D eigenvalue weighted by atomic mass is 10.1. The highest BCUT2D eigenvalue weighted by molar-refractivity contribution is 7.15. The molecule has 0 aliphatic rings. The number of halogens is 6. The van der Waals surface area contributed by atoms with Gasteiger partial charge in [0.25, 0.3) is 0 Å². The number of alkyl halides is 3. The van der Waals surface area contributed by atoms with E-state index >= 15 is 0 Å². The van der Waals surface area contributed by atoms with Crippen molar-refractivity contribution in [3.05, 3.63) is 85.3 Å². The van der Waals surface area contributed by atoms with E-state index < -0.39 is 22.7 Å². The molecule has 0 spiro atoms. The van der Waals surface area contributed by atoms with Crippen molar-refractivity contribution in [1.29, 1.82) is 0 Å². The zero-order valence-corrected chi connectivity index (χ0v) is 18.0. The first-order chi connectivity index (χ1) is 14.1. The summed E-state index contributed by atoms with van der Waals surface area (Å²) in [5.74, 6) is -0.523. The summed E-state index contributed by atoms with van der Waals surface area (Å²) in [4.78, 5) is 17.1. The van der Waals surface area contributed by atoms with E-state index in [0.29, 0.717) is 21.6 Å². The van der Waals surface area contributed by atoms with Gasteiger partial charge in [-0.05, 0) is 47.5 Å². The lowest BCUT2D eigenvalue weighted by Crippen LogP contribution is -2.07. The Hall–Kier alpha value is -2.06. The van der Waals surface area contributed by atoms with Gasteiger partial charge < -0.3 is 0 Å². The number of benzene rings is 2. The minimum atomic E-state index is -4.58. The van der Waals surface area contributed by atoms with Gasteiger partial charge in [-0.3, -0.25) is 10.1 Å². The molecule has 0 unspecified atom stereocenters. The quantitative estimate of drug-likeness (QED) is 0.379. The first-order valence-electron chi connectivity index (χ1n) is 8.35. The molecule has 0 atom stereocenters. The smallest absolute Gasteiger partial charge is 0.298 e. The van der Waals surface area contributed by atoms with E-state index in [9.17, 15) is 18.0 Å². The third kappa shape index (κ3) is 6.22. The first-order valence-corrected chi connectivity index (χ1v) is 10.3. The fraction of sp³-hybridized carbons (Fsp3) is 0.100. The Morgan fingerprint density at radius 1 is 1.10 bits per heavy atom. The van der Waals surface area contributed by atoms with E-state index in [1.165, 1.54) is 23.5 Å². The number of thiazole rings is 1. The van der Waals surface area contributed by atoms with E-state index in [1.54, 1.807) is 24.4 Å². The molecule has 1 heterocycles. The van der Waals surface area contributed by atoms with Crippen molar-refractivity contribution in [2.45, 2.75) is 12.6 Å². The van der Waals surface area contributed by atoms with Gasteiger partial charge in [0.05, 0.1) is 10.6 Å². The molecule has 3 nitrogen and oxygen atoms in total. The molecule has 10 heteroatoms. The van der Waals surface area contributed by atoms with E-state index in [2.05, 4.69) is 10.3 Å². The number of hydrogen-bond donors (Lipinski definition) is 1. The molecule has 0 bridgehead atoms. The maximum atomic E-state index is 12.9. The molecule has 0 saturated heterocycles. The molecular formula is C20H12Cl3F3N2OS. The third-order valence-corrected chi connectivity index (χ3v) is 5.49. The number of anilines is 1. The van der Waals surface area contributed by atoms with Crippen LogP contribution in [0.4, 0.5) is 18.3 Å². The second-order valence-corrected chi connectivity index (χ2v) is 8.54. The number of nitrogens with one attached hydrogen (secondary N) is 1. The normalized spacial score (nSPS) is 11.8. The van der Waals surface area contributed by atoms with Crippen LogP contribution >= 0.6 is 46.1 Å². The number of carbonyl (C=O) groups is 1. The van der Waals surface area contributed by atoms with Gasteiger partial charge >= 0.3 is 6.18 Å². The predicted octanol–water partition coefficient (Wildman–Crippen LogP) is 7.36. The van der Waals surface area contributed by atoms with Gasteiger partial charge in [-0.1, -0.05) is 40.9 Å². The van der Waals surface area contributed by atoms with Gasteiger partial charge in [0.15, 0.2) is 5.13 Å². The Balaban J connectivity index is 1.64. The van der Waals surface area contributed by atoms with Crippen molar-refractivity contribution in [3.8, 4) is 0 Å². The van der Waals surface area contributed by atoms with Crippen LogP contribution in [0.2, 0.25) is 15.1 Å². The van der Waals surface area contributed by atoms with Crippen molar-refractivity contribution in [2.75, 3.05) is 5.32 Å². The average Bonchev–Trinajstić information content (AvgIpc) is 3.05. The molecule has 30 heavy (non-hydrogen) atoms. The summed E-state index contributed by atoms with van der Waals surface area (Å²) in [5, 5.41) is 3.59. The molecule has 0 fully saturated rings. The molecule has 0 aliphatic heterocycles. The van der Waals surface area contributed by atoms with Crippen LogP contribution < -0.4 is 5.32 Å². The van der Waals surface area contributed by atoms with Gasteiger partial charge in [0, 0.05) is 33.6 Å². The maximum absolute atomic E-state index is 12.9. The Morgan fingerprint density at radius 3 is 2.47 bits per heavy atom. The summed E-state index contributed by atoms with van der Waals surface area (Å²) >= 11 is 18.8. The Kier molecular flexibility index (Phi) is 7.08. The average molecular weight is 492 g/mol. The Bertz CT molecular complexity index is 1090. The van der Waals surface area contributed by atoms with Crippen LogP contribution in [0.3, 0.4) is 0 Å². The van der Waals surface area contributed by atoms with Crippen LogP contribution in [0.15, 0.2) is 48.7 Å². The molecule has 156 valence electrons. The maximum Gasteiger partial charge on any atom is 0.417 e. The molecular weight excluding hydrogens is 480 g/mol. The Morgan fingerprint density at radius 2 is 1.80 bits per heavy atom. The van der Waals surface area contributed by atoms with E-state index in [-0.39, 0.29) is 5.56 Å². The minimum Gasteiger partial charge on any atom is -0.298 e. The highest BCUT2D eigenvalue weighted by Crippen LogP contribution is 2.35. The summed E-state index contributed by atoms with van der Waals surface area (Å²) in [6, 6.07) is 8.61. The molecule has 1 aromatic heterocycles. The number of nitrogens with zero attached hydrogens (tertiary/aromatic N) is 1. The van der Waals surface area contributed by atoms with Crippen molar-refractivity contribution in [1.82, 2.24) is 4.98 Å². The fourth-order valence-corrected chi connectivity index (χ4v) is 4.19. The molecule has 3 aromatic rings. The van der Waals surface area contributed by atoms with Gasteiger partial charge in [-0.2, -0.15) is 13.2 Å². The highest BCUT2D eigenvalue weighted by Gasteiger charge is 2.33. The van der Waals surface area contributed by atoms with Crippen LogP contribution in [0.5, 0.6) is 0 Å². The summed E-state index contributed by atoms with van der Waals surface area (Å²) in [6.07, 6.45) is -0.0272. The molecule has 3 rings (SSSR count). The van der Waals surface area contributed by atoms with Crippen LogP contribution in [-0.2, 0) is 17.4 Å². The summed E-state index contributed by atoms with van der Waals surface area (Å²) in [5.41, 5.74) is 0.133. The van der Waals surface area contributed by atoms with Crippen LogP contribution in [-0.4, -0.2) is 10.9 Å². The first kappa shape index (κ1) is 22.6. The SMILES string of the molecule is O=C(/C=C/c1ccc(Cl)c(C(F)(F)F)c1)Nc1ncc(Cc2cc(Cl)cc(Cl)c2)s1. The molecule has 0 radical (unpaired) electrons. The molecule has 2 aromatic carbocycles. The second-order valence-electron chi connectivity index (χ2n) is 6.15. The van der Waals surface area contributed by atoms with Crippen molar-refractivity contribution >= 4 is 63.3 Å². The van der Waals surface area contributed by atoms with Gasteiger partial charge in [-0.15, -0.1) is 11.3 Å². The lowest BCUT2D eigenvalue weighted by molar-refractivity contribution is -0.137. The zero-order valence-electron chi connectivity index (χ0n) is 14.9. The van der Waals surface area contributed by atoms with E-state index in [1.807, 2.05) is 0 Å². The lowest BCUT2D eigenvalue weighted by Gasteiger charge is -2.09. The zero-order chi connectivity index (χ0) is 21.9. The Labute approximate surface area is 189 Å². The van der Waals surface area contributed by atoms with E-state index in [0.717, 1.165) is 28.6 Å². The number of amides is 1. The summed E-state index contributed by atoms with van der Waals surface area (Å²) in [7, 11) is 0. The van der Waals surface area contributed by atoms with Crippen molar-refractivity contribution in [2.24, 2.45) is 0 Å². The highest BCUT2D eigenvalue weighted by atomic mass is 35.5. The van der Waals surface area contributed by atoms with E-state index in [4.69, 9.17) is 34.8 Å². The minimum absolute atomic E-state index is 0.194. The van der Waals surface area contributed by atoms with Gasteiger partial charge in [-0.25, -0.2) is 4.98 Å². The standard InChI is InChI=1S/C20H12Cl3F3N2OS/c21-13-5-12(6-14(22)9-13)7-15-10-27-19(30-15)28-18(29)4-2-11-1-3-17(23)16(8-11)20(24,25)26/h1-6,8-10H,7H2,(H,27,28,29)/b4-2+. The van der Waals surface area contributed by atoms with Gasteiger partial charge in [0.2, 0.25) is 5.91 Å².